The van der Waals surface area contributed by atoms with E-state index in [4.69, 9.17) is 5.73 Å². The minimum atomic E-state index is -0.437. The molecule has 1 aromatic rings. The van der Waals surface area contributed by atoms with Gasteiger partial charge in [0.25, 0.3) is 0 Å². The van der Waals surface area contributed by atoms with Gasteiger partial charge in [0.1, 0.15) is 0 Å². The Kier molecular flexibility index (Phi) is 5.16. The summed E-state index contributed by atoms with van der Waals surface area (Å²) in [6.07, 6.45) is 6.81. The molecule has 4 nitrogen and oxygen atoms in total. The lowest BCUT2D eigenvalue weighted by Crippen LogP contribution is -2.36. The monoisotopic (exact) mass is 274 g/mol. The molecule has 1 saturated carbocycles. The van der Waals surface area contributed by atoms with Gasteiger partial charge in [0.15, 0.2) is 0 Å². The first kappa shape index (κ1) is 14.6. The minimum absolute atomic E-state index is 0.0659. The third kappa shape index (κ3) is 4.08. The second-order valence-electron chi connectivity index (χ2n) is 5.42. The molecule has 108 valence electrons. The predicted molar refractivity (Wildman–Crippen MR) is 78.3 cm³/mol. The van der Waals surface area contributed by atoms with Gasteiger partial charge in [-0.1, -0.05) is 37.5 Å². The van der Waals surface area contributed by atoms with Crippen LogP contribution in [0.1, 0.15) is 54.4 Å². The molecule has 1 fully saturated rings. The van der Waals surface area contributed by atoms with Crippen molar-refractivity contribution >= 4 is 11.8 Å². The SMILES string of the molecule is NC(=O)c1ccccc1CCC(=O)NC1CCCCC1. The van der Waals surface area contributed by atoms with E-state index in [1.807, 2.05) is 12.1 Å². The van der Waals surface area contributed by atoms with E-state index in [1.54, 1.807) is 12.1 Å². The molecule has 1 aliphatic carbocycles. The molecule has 0 saturated heterocycles. The number of amides is 2. The Morgan fingerprint density at radius 2 is 1.85 bits per heavy atom. The number of nitrogens with two attached hydrogens (primary N) is 1. The summed E-state index contributed by atoms with van der Waals surface area (Å²) in [5.41, 5.74) is 6.69. The molecule has 3 N–H and O–H groups in total. The fraction of sp³-hybridized carbons (Fsp3) is 0.500. The summed E-state index contributed by atoms with van der Waals surface area (Å²) in [4.78, 5) is 23.2. The Morgan fingerprint density at radius 1 is 1.15 bits per heavy atom. The Labute approximate surface area is 119 Å². The number of hydrogen-bond donors (Lipinski definition) is 2. The van der Waals surface area contributed by atoms with E-state index in [9.17, 15) is 9.59 Å². The highest BCUT2D eigenvalue weighted by Gasteiger charge is 2.16. The highest BCUT2D eigenvalue weighted by atomic mass is 16.2. The minimum Gasteiger partial charge on any atom is -0.366 e. The number of aryl methyl sites for hydroxylation is 1. The van der Waals surface area contributed by atoms with Crippen molar-refractivity contribution in [2.45, 2.75) is 51.0 Å². The van der Waals surface area contributed by atoms with Crippen molar-refractivity contribution in [3.8, 4) is 0 Å². The molecule has 2 rings (SSSR count). The van der Waals surface area contributed by atoms with Crippen LogP contribution in [0.25, 0.3) is 0 Å². The van der Waals surface area contributed by atoms with Gasteiger partial charge in [0.05, 0.1) is 0 Å². The lowest BCUT2D eigenvalue weighted by atomic mass is 9.95. The van der Waals surface area contributed by atoms with Gasteiger partial charge >= 0.3 is 0 Å². The first-order chi connectivity index (χ1) is 9.66. The summed E-state index contributed by atoms with van der Waals surface area (Å²) in [5, 5.41) is 3.08. The van der Waals surface area contributed by atoms with Gasteiger partial charge < -0.3 is 11.1 Å². The van der Waals surface area contributed by atoms with Crippen LogP contribution in [0.3, 0.4) is 0 Å². The van der Waals surface area contributed by atoms with Crippen molar-refractivity contribution in [1.82, 2.24) is 5.32 Å². The standard InChI is InChI=1S/C16H22N2O2/c17-16(20)14-9-5-4-6-12(14)10-11-15(19)18-13-7-2-1-3-8-13/h4-6,9,13H,1-3,7-8,10-11H2,(H2,17,20)(H,18,19). The van der Waals surface area contributed by atoms with E-state index >= 15 is 0 Å². The van der Waals surface area contributed by atoms with Crippen molar-refractivity contribution < 1.29 is 9.59 Å². The molecule has 4 heteroatoms. The van der Waals surface area contributed by atoms with Crippen LogP contribution in [0.4, 0.5) is 0 Å². The van der Waals surface area contributed by atoms with Crippen LogP contribution in [0, 0.1) is 0 Å². The van der Waals surface area contributed by atoms with Crippen LogP contribution in [-0.4, -0.2) is 17.9 Å². The smallest absolute Gasteiger partial charge is 0.248 e. The lowest BCUT2D eigenvalue weighted by Gasteiger charge is -2.22. The number of hydrogen-bond acceptors (Lipinski definition) is 2. The van der Waals surface area contributed by atoms with Gasteiger partial charge in [-0.15, -0.1) is 0 Å². The fourth-order valence-electron chi connectivity index (χ4n) is 2.77. The van der Waals surface area contributed by atoms with Gasteiger partial charge in [-0.3, -0.25) is 9.59 Å². The molecule has 1 aromatic carbocycles. The summed E-state index contributed by atoms with van der Waals surface area (Å²) in [6.45, 7) is 0. The van der Waals surface area contributed by atoms with Crippen LogP contribution < -0.4 is 11.1 Å². The van der Waals surface area contributed by atoms with E-state index in [0.29, 0.717) is 24.4 Å². The maximum atomic E-state index is 11.9. The highest BCUT2D eigenvalue weighted by molar-refractivity contribution is 5.94. The molecular weight excluding hydrogens is 252 g/mol. The van der Waals surface area contributed by atoms with Crippen LogP contribution in [0.15, 0.2) is 24.3 Å². The Bertz CT molecular complexity index is 479. The zero-order chi connectivity index (χ0) is 14.4. The number of carbonyl (C=O) groups excluding carboxylic acids is 2. The van der Waals surface area contributed by atoms with Crippen LogP contribution in [0.2, 0.25) is 0 Å². The third-order valence-electron chi connectivity index (χ3n) is 3.87. The van der Waals surface area contributed by atoms with Gasteiger partial charge in [-0.05, 0) is 30.9 Å². The van der Waals surface area contributed by atoms with E-state index in [-0.39, 0.29) is 5.91 Å². The van der Waals surface area contributed by atoms with Crippen molar-refractivity contribution in [2.75, 3.05) is 0 Å². The molecule has 0 bridgehead atoms. The molecule has 1 aliphatic rings. The molecule has 0 atom stereocenters. The average molecular weight is 274 g/mol. The maximum absolute atomic E-state index is 11.9. The zero-order valence-corrected chi connectivity index (χ0v) is 11.7. The number of benzene rings is 1. The van der Waals surface area contributed by atoms with Crippen LogP contribution in [-0.2, 0) is 11.2 Å². The molecular formula is C16H22N2O2. The average Bonchev–Trinajstić information content (AvgIpc) is 2.46. The van der Waals surface area contributed by atoms with E-state index < -0.39 is 5.91 Å². The molecule has 0 heterocycles. The Hall–Kier alpha value is -1.84. The van der Waals surface area contributed by atoms with Gasteiger partial charge in [0.2, 0.25) is 11.8 Å². The normalized spacial score (nSPS) is 15.8. The van der Waals surface area contributed by atoms with Gasteiger partial charge in [-0.2, -0.15) is 0 Å². The molecule has 0 aromatic heterocycles. The van der Waals surface area contributed by atoms with Crippen molar-refractivity contribution in [1.29, 1.82) is 0 Å². The first-order valence-corrected chi connectivity index (χ1v) is 7.34. The summed E-state index contributed by atoms with van der Waals surface area (Å²) >= 11 is 0. The summed E-state index contributed by atoms with van der Waals surface area (Å²) < 4.78 is 0. The van der Waals surface area contributed by atoms with Gasteiger partial charge in [-0.25, -0.2) is 0 Å². The van der Waals surface area contributed by atoms with Gasteiger partial charge in [0, 0.05) is 18.0 Å². The highest BCUT2D eigenvalue weighted by Crippen LogP contribution is 2.17. The predicted octanol–water partition coefficient (Wildman–Crippen LogP) is 2.17. The lowest BCUT2D eigenvalue weighted by molar-refractivity contribution is -0.121. The zero-order valence-electron chi connectivity index (χ0n) is 11.7. The summed E-state index contributed by atoms with van der Waals surface area (Å²) in [5.74, 6) is -0.371. The van der Waals surface area contributed by atoms with Crippen LogP contribution in [0.5, 0.6) is 0 Å². The topological polar surface area (TPSA) is 72.2 Å². The summed E-state index contributed by atoms with van der Waals surface area (Å²) in [6, 6.07) is 7.54. The second kappa shape index (κ2) is 7.08. The Morgan fingerprint density at radius 3 is 2.55 bits per heavy atom. The third-order valence-corrected chi connectivity index (χ3v) is 3.87. The first-order valence-electron chi connectivity index (χ1n) is 7.34. The molecule has 2 amide bonds. The van der Waals surface area contributed by atoms with E-state index in [2.05, 4.69) is 5.32 Å². The fourth-order valence-corrected chi connectivity index (χ4v) is 2.77. The maximum Gasteiger partial charge on any atom is 0.248 e. The Balaban J connectivity index is 1.85. The largest absolute Gasteiger partial charge is 0.366 e. The number of carbonyl (C=O) groups is 2. The molecule has 20 heavy (non-hydrogen) atoms. The number of primary amides is 1. The summed E-state index contributed by atoms with van der Waals surface area (Å²) in [7, 11) is 0. The number of nitrogens with one attached hydrogen (secondary N) is 1. The molecule has 0 aliphatic heterocycles. The van der Waals surface area contributed by atoms with Crippen LogP contribution >= 0.6 is 0 Å². The molecule has 0 unspecified atom stereocenters. The van der Waals surface area contributed by atoms with Crippen molar-refractivity contribution in [3.63, 3.8) is 0 Å². The van der Waals surface area contributed by atoms with Crippen molar-refractivity contribution in [3.05, 3.63) is 35.4 Å². The quantitative estimate of drug-likeness (QED) is 0.863. The van der Waals surface area contributed by atoms with E-state index in [0.717, 1.165) is 18.4 Å². The molecule has 0 radical (unpaired) electrons. The number of rotatable bonds is 5. The van der Waals surface area contributed by atoms with Crippen molar-refractivity contribution in [2.24, 2.45) is 5.73 Å². The van der Waals surface area contributed by atoms with E-state index in [1.165, 1.54) is 19.3 Å². The second-order valence-corrected chi connectivity index (χ2v) is 5.42. The molecule has 0 spiro atoms.